The van der Waals surface area contributed by atoms with Crippen LogP contribution in [0.4, 0.5) is 0 Å². The molecule has 2 heteroatoms. The maximum absolute atomic E-state index is 6.09. The van der Waals surface area contributed by atoms with Crippen LogP contribution >= 0.6 is 0 Å². The summed E-state index contributed by atoms with van der Waals surface area (Å²) < 4.78 is 0. The van der Waals surface area contributed by atoms with Crippen LogP contribution in [-0.2, 0) is 19.5 Å². The van der Waals surface area contributed by atoms with E-state index in [4.69, 9.17) is 5.73 Å². The molecule has 1 aliphatic carbocycles. The summed E-state index contributed by atoms with van der Waals surface area (Å²) >= 11 is 0. The minimum absolute atomic E-state index is 0.108. The van der Waals surface area contributed by atoms with Crippen molar-refractivity contribution in [3.8, 4) is 0 Å². The molecule has 2 nitrogen and oxygen atoms in total. The SMILES string of the molecule is CC(C)(N)Cc1ccc2c(c1)CN(C1CC1)C2. The van der Waals surface area contributed by atoms with Crippen molar-refractivity contribution in [1.82, 2.24) is 4.90 Å². The fourth-order valence-corrected chi connectivity index (χ4v) is 2.81. The molecule has 2 N–H and O–H groups in total. The first-order valence-corrected chi connectivity index (χ1v) is 6.65. The van der Waals surface area contributed by atoms with Gasteiger partial charge in [-0.2, -0.15) is 0 Å². The lowest BCUT2D eigenvalue weighted by atomic mass is 9.94. The van der Waals surface area contributed by atoms with Gasteiger partial charge in [0.15, 0.2) is 0 Å². The lowest BCUT2D eigenvalue weighted by Gasteiger charge is -2.18. The molecule has 0 aromatic heterocycles. The molecule has 1 heterocycles. The number of nitrogens with zero attached hydrogens (tertiary/aromatic N) is 1. The van der Waals surface area contributed by atoms with Gasteiger partial charge in [0, 0.05) is 24.7 Å². The minimum Gasteiger partial charge on any atom is -0.325 e. The van der Waals surface area contributed by atoms with Crippen molar-refractivity contribution in [1.29, 1.82) is 0 Å². The Balaban J connectivity index is 1.77. The Labute approximate surface area is 104 Å². The van der Waals surface area contributed by atoms with E-state index in [0.717, 1.165) is 25.6 Å². The molecular weight excluding hydrogens is 208 g/mol. The first-order chi connectivity index (χ1) is 8.01. The molecule has 1 saturated carbocycles. The summed E-state index contributed by atoms with van der Waals surface area (Å²) in [5.74, 6) is 0. The lowest BCUT2D eigenvalue weighted by Crippen LogP contribution is -2.34. The number of hydrogen-bond acceptors (Lipinski definition) is 2. The van der Waals surface area contributed by atoms with E-state index in [1.54, 1.807) is 0 Å². The van der Waals surface area contributed by atoms with E-state index in [1.165, 1.54) is 29.5 Å². The van der Waals surface area contributed by atoms with Crippen molar-refractivity contribution in [2.75, 3.05) is 0 Å². The van der Waals surface area contributed by atoms with Gasteiger partial charge in [0.05, 0.1) is 0 Å². The van der Waals surface area contributed by atoms with E-state index in [9.17, 15) is 0 Å². The van der Waals surface area contributed by atoms with E-state index in [-0.39, 0.29) is 5.54 Å². The van der Waals surface area contributed by atoms with Crippen molar-refractivity contribution < 1.29 is 0 Å². The molecule has 0 unspecified atom stereocenters. The van der Waals surface area contributed by atoms with E-state index >= 15 is 0 Å². The first-order valence-electron chi connectivity index (χ1n) is 6.65. The van der Waals surface area contributed by atoms with Gasteiger partial charge in [0.2, 0.25) is 0 Å². The Hall–Kier alpha value is -0.860. The predicted molar refractivity (Wildman–Crippen MR) is 70.7 cm³/mol. The van der Waals surface area contributed by atoms with Crippen LogP contribution in [0.3, 0.4) is 0 Å². The third-order valence-corrected chi connectivity index (χ3v) is 3.74. The topological polar surface area (TPSA) is 29.3 Å². The average Bonchev–Trinajstić information content (AvgIpc) is 2.96. The number of benzene rings is 1. The Morgan fingerprint density at radius 1 is 1.24 bits per heavy atom. The summed E-state index contributed by atoms with van der Waals surface area (Å²) in [5, 5.41) is 0. The zero-order valence-corrected chi connectivity index (χ0v) is 10.9. The molecule has 92 valence electrons. The second-order valence-electron chi connectivity index (χ2n) is 6.40. The summed E-state index contributed by atoms with van der Waals surface area (Å²) in [5.41, 5.74) is 10.4. The minimum atomic E-state index is -0.108. The fourth-order valence-electron chi connectivity index (χ4n) is 2.81. The normalized spacial score (nSPS) is 20.6. The summed E-state index contributed by atoms with van der Waals surface area (Å²) in [7, 11) is 0. The van der Waals surface area contributed by atoms with Crippen LogP contribution in [0.2, 0.25) is 0 Å². The van der Waals surface area contributed by atoms with Crippen LogP contribution in [-0.4, -0.2) is 16.5 Å². The molecule has 0 atom stereocenters. The quantitative estimate of drug-likeness (QED) is 0.864. The van der Waals surface area contributed by atoms with Gasteiger partial charge in [-0.05, 0) is 49.8 Å². The third kappa shape index (κ3) is 2.53. The number of nitrogens with two attached hydrogens (primary N) is 1. The third-order valence-electron chi connectivity index (χ3n) is 3.74. The maximum Gasteiger partial charge on any atom is 0.0243 e. The molecule has 0 amide bonds. The molecule has 0 bridgehead atoms. The van der Waals surface area contributed by atoms with Crippen LogP contribution in [0.1, 0.15) is 43.4 Å². The molecule has 1 aromatic carbocycles. The zero-order chi connectivity index (χ0) is 12.0. The fraction of sp³-hybridized carbons (Fsp3) is 0.600. The van der Waals surface area contributed by atoms with Gasteiger partial charge in [-0.3, -0.25) is 4.90 Å². The molecule has 1 aliphatic heterocycles. The highest BCUT2D eigenvalue weighted by molar-refractivity contribution is 5.35. The van der Waals surface area contributed by atoms with Gasteiger partial charge in [0.25, 0.3) is 0 Å². The van der Waals surface area contributed by atoms with Crippen molar-refractivity contribution >= 4 is 0 Å². The largest absolute Gasteiger partial charge is 0.325 e. The number of fused-ring (bicyclic) bond motifs is 1. The molecule has 1 aromatic rings. The molecule has 17 heavy (non-hydrogen) atoms. The van der Waals surface area contributed by atoms with E-state index < -0.39 is 0 Å². The summed E-state index contributed by atoms with van der Waals surface area (Å²) in [6.45, 7) is 6.50. The Morgan fingerprint density at radius 3 is 2.59 bits per heavy atom. The van der Waals surface area contributed by atoms with Gasteiger partial charge in [-0.1, -0.05) is 18.2 Å². The van der Waals surface area contributed by atoms with E-state index in [1.807, 2.05) is 0 Å². The predicted octanol–water partition coefficient (Wildman–Crippen LogP) is 2.44. The zero-order valence-electron chi connectivity index (χ0n) is 10.9. The summed E-state index contributed by atoms with van der Waals surface area (Å²) in [6.07, 6.45) is 3.76. The Bertz CT molecular complexity index is 427. The van der Waals surface area contributed by atoms with Crippen LogP contribution in [0.15, 0.2) is 18.2 Å². The molecule has 1 fully saturated rings. The van der Waals surface area contributed by atoms with E-state index in [2.05, 4.69) is 36.9 Å². The molecule has 0 radical (unpaired) electrons. The van der Waals surface area contributed by atoms with Gasteiger partial charge in [-0.25, -0.2) is 0 Å². The first kappa shape index (κ1) is 11.2. The van der Waals surface area contributed by atoms with Gasteiger partial charge in [-0.15, -0.1) is 0 Å². The number of hydrogen-bond donors (Lipinski definition) is 1. The van der Waals surface area contributed by atoms with Gasteiger partial charge >= 0.3 is 0 Å². The molecule has 0 saturated heterocycles. The summed E-state index contributed by atoms with van der Waals surface area (Å²) in [6, 6.07) is 7.80. The highest BCUT2D eigenvalue weighted by Crippen LogP contribution is 2.35. The maximum atomic E-state index is 6.09. The van der Waals surface area contributed by atoms with Crippen molar-refractivity contribution in [3.05, 3.63) is 34.9 Å². The van der Waals surface area contributed by atoms with Crippen molar-refractivity contribution in [2.45, 2.75) is 57.8 Å². The highest BCUT2D eigenvalue weighted by atomic mass is 15.2. The standard InChI is InChI=1S/C15H22N2/c1-15(2,16)8-11-3-4-12-9-17(14-5-6-14)10-13(12)7-11/h3-4,7,14H,5-6,8-10,16H2,1-2H3. The monoisotopic (exact) mass is 230 g/mol. The smallest absolute Gasteiger partial charge is 0.0243 e. The van der Waals surface area contributed by atoms with Crippen molar-refractivity contribution in [3.63, 3.8) is 0 Å². The molecule has 2 aliphatic rings. The average molecular weight is 230 g/mol. The van der Waals surface area contributed by atoms with Crippen LogP contribution in [0.5, 0.6) is 0 Å². The Kier molecular flexibility index (Phi) is 2.53. The molecule has 0 spiro atoms. The Morgan fingerprint density at radius 2 is 1.94 bits per heavy atom. The molecule has 3 rings (SSSR count). The second kappa shape index (κ2) is 3.82. The highest BCUT2D eigenvalue weighted by Gasteiger charge is 2.32. The van der Waals surface area contributed by atoms with E-state index in [0.29, 0.717) is 0 Å². The number of rotatable bonds is 3. The van der Waals surface area contributed by atoms with Crippen LogP contribution < -0.4 is 5.73 Å². The van der Waals surface area contributed by atoms with Crippen molar-refractivity contribution in [2.24, 2.45) is 5.73 Å². The van der Waals surface area contributed by atoms with Gasteiger partial charge < -0.3 is 5.73 Å². The van der Waals surface area contributed by atoms with Gasteiger partial charge in [0.1, 0.15) is 0 Å². The van der Waals surface area contributed by atoms with Crippen LogP contribution in [0, 0.1) is 0 Å². The second-order valence-corrected chi connectivity index (χ2v) is 6.40. The van der Waals surface area contributed by atoms with Crippen LogP contribution in [0.25, 0.3) is 0 Å². The molecular formula is C15H22N2. The summed E-state index contributed by atoms with van der Waals surface area (Å²) in [4.78, 5) is 2.61. The lowest BCUT2D eigenvalue weighted by molar-refractivity contribution is 0.273.